The number of fused-ring (bicyclic) bond motifs is 1. The molecule has 1 spiro atoms. The SMILES string of the molecule is CN(C)C(=O)COC1CCOC2(CCN(C(=O)Cn3c(=O)oc4ccccc43)CC2)C1. The molecule has 0 saturated carbocycles. The normalized spacial score (nSPS) is 20.8. The molecule has 168 valence electrons. The molecule has 1 unspecified atom stereocenters. The van der Waals surface area contributed by atoms with Crippen LogP contribution in [0.25, 0.3) is 11.1 Å². The zero-order chi connectivity index (χ0) is 22.0. The summed E-state index contributed by atoms with van der Waals surface area (Å²) in [5, 5.41) is 0. The van der Waals surface area contributed by atoms with Crippen molar-refractivity contribution in [1.82, 2.24) is 14.4 Å². The molecule has 0 aliphatic carbocycles. The van der Waals surface area contributed by atoms with Gasteiger partial charge in [-0.25, -0.2) is 4.79 Å². The van der Waals surface area contributed by atoms with E-state index in [1.807, 2.05) is 6.07 Å². The standard InChI is InChI=1S/C22H29N3O6/c1-23(2)20(27)15-29-16-7-12-30-22(13-16)8-10-24(11-9-22)19(26)14-25-17-5-3-4-6-18(17)31-21(25)28/h3-6,16H,7-15H2,1-2H3. The average molecular weight is 431 g/mol. The van der Waals surface area contributed by atoms with E-state index in [9.17, 15) is 14.4 Å². The van der Waals surface area contributed by atoms with Gasteiger partial charge >= 0.3 is 5.76 Å². The molecule has 1 atom stereocenters. The van der Waals surface area contributed by atoms with Crippen molar-refractivity contribution >= 4 is 22.9 Å². The molecule has 4 rings (SSSR count). The van der Waals surface area contributed by atoms with Crippen molar-refractivity contribution in [3.63, 3.8) is 0 Å². The van der Waals surface area contributed by atoms with Crippen LogP contribution in [0.5, 0.6) is 0 Å². The third-order valence-electron chi connectivity index (χ3n) is 6.28. The number of hydrogen-bond acceptors (Lipinski definition) is 6. The summed E-state index contributed by atoms with van der Waals surface area (Å²) in [5.41, 5.74) is 0.782. The summed E-state index contributed by atoms with van der Waals surface area (Å²) in [6.45, 7) is 1.75. The van der Waals surface area contributed by atoms with Crippen molar-refractivity contribution in [2.45, 2.75) is 43.9 Å². The van der Waals surface area contributed by atoms with Gasteiger partial charge in [-0.2, -0.15) is 0 Å². The predicted octanol–water partition coefficient (Wildman–Crippen LogP) is 1.24. The molecule has 0 radical (unpaired) electrons. The fourth-order valence-electron chi connectivity index (χ4n) is 4.35. The zero-order valence-corrected chi connectivity index (χ0v) is 18.0. The minimum atomic E-state index is -0.522. The van der Waals surface area contributed by atoms with Gasteiger partial charge in [0.2, 0.25) is 11.8 Å². The second-order valence-electron chi connectivity index (χ2n) is 8.55. The average Bonchev–Trinajstić information content (AvgIpc) is 3.07. The highest BCUT2D eigenvalue weighted by atomic mass is 16.5. The number of carbonyl (C=O) groups is 2. The molecule has 0 N–H and O–H groups in total. The fourth-order valence-corrected chi connectivity index (χ4v) is 4.35. The van der Waals surface area contributed by atoms with Crippen LogP contribution in [-0.4, -0.2) is 78.3 Å². The predicted molar refractivity (Wildman–Crippen MR) is 113 cm³/mol. The number of carbonyl (C=O) groups excluding carboxylic acids is 2. The van der Waals surface area contributed by atoms with Gasteiger partial charge in [0.15, 0.2) is 5.58 Å². The Balaban J connectivity index is 1.33. The molecule has 31 heavy (non-hydrogen) atoms. The number of likely N-dealkylation sites (tertiary alicyclic amines) is 1. The number of ether oxygens (including phenoxy) is 2. The van der Waals surface area contributed by atoms with Crippen LogP contribution in [0, 0.1) is 0 Å². The van der Waals surface area contributed by atoms with Crippen molar-refractivity contribution < 1.29 is 23.5 Å². The van der Waals surface area contributed by atoms with Gasteiger partial charge in [-0.15, -0.1) is 0 Å². The highest BCUT2D eigenvalue weighted by Gasteiger charge is 2.41. The van der Waals surface area contributed by atoms with Gasteiger partial charge in [-0.1, -0.05) is 12.1 Å². The van der Waals surface area contributed by atoms with E-state index in [0.717, 1.165) is 12.8 Å². The largest absolute Gasteiger partial charge is 0.420 e. The lowest BCUT2D eigenvalue weighted by molar-refractivity contribution is -0.166. The maximum absolute atomic E-state index is 12.9. The maximum Gasteiger partial charge on any atom is 0.420 e. The van der Waals surface area contributed by atoms with Gasteiger partial charge < -0.3 is 23.7 Å². The van der Waals surface area contributed by atoms with Crippen molar-refractivity contribution in [3.8, 4) is 0 Å². The number of benzene rings is 1. The number of nitrogens with zero attached hydrogens (tertiary/aromatic N) is 3. The van der Waals surface area contributed by atoms with Gasteiger partial charge in [0, 0.05) is 40.2 Å². The topological polar surface area (TPSA) is 94.2 Å². The number of aromatic nitrogens is 1. The first kappa shape index (κ1) is 21.6. The lowest BCUT2D eigenvalue weighted by Gasteiger charge is -2.46. The van der Waals surface area contributed by atoms with Crippen LogP contribution >= 0.6 is 0 Å². The van der Waals surface area contributed by atoms with Gasteiger partial charge in [-0.05, 0) is 31.4 Å². The third-order valence-corrected chi connectivity index (χ3v) is 6.28. The molecule has 2 aromatic rings. The van der Waals surface area contributed by atoms with E-state index in [-0.39, 0.29) is 36.7 Å². The Bertz CT molecular complexity index is 1000. The van der Waals surface area contributed by atoms with E-state index < -0.39 is 5.76 Å². The van der Waals surface area contributed by atoms with Crippen LogP contribution in [0.1, 0.15) is 25.7 Å². The number of amides is 2. The maximum atomic E-state index is 12.9. The van der Waals surface area contributed by atoms with Crippen molar-refractivity contribution in [2.24, 2.45) is 0 Å². The molecular weight excluding hydrogens is 402 g/mol. The van der Waals surface area contributed by atoms with Crippen molar-refractivity contribution in [2.75, 3.05) is 40.4 Å². The second kappa shape index (κ2) is 8.84. The molecule has 3 heterocycles. The summed E-state index contributed by atoms with van der Waals surface area (Å²) < 4.78 is 18.5. The van der Waals surface area contributed by atoms with Gasteiger partial charge in [-0.3, -0.25) is 14.2 Å². The molecule has 2 fully saturated rings. The highest BCUT2D eigenvalue weighted by molar-refractivity contribution is 5.79. The minimum Gasteiger partial charge on any atom is -0.408 e. The number of rotatable bonds is 5. The van der Waals surface area contributed by atoms with Crippen LogP contribution < -0.4 is 5.76 Å². The van der Waals surface area contributed by atoms with Crippen LogP contribution in [0.2, 0.25) is 0 Å². The Morgan fingerprint density at radius 1 is 1.23 bits per heavy atom. The summed E-state index contributed by atoms with van der Waals surface area (Å²) in [7, 11) is 3.43. The summed E-state index contributed by atoms with van der Waals surface area (Å²) in [6.07, 6.45) is 2.89. The summed E-state index contributed by atoms with van der Waals surface area (Å²) >= 11 is 0. The molecular formula is C22H29N3O6. The molecule has 1 aromatic carbocycles. The molecule has 2 amide bonds. The lowest BCUT2D eigenvalue weighted by Crippen LogP contribution is -2.52. The number of hydrogen-bond donors (Lipinski definition) is 0. The monoisotopic (exact) mass is 431 g/mol. The summed E-state index contributed by atoms with van der Waals surface area (Å²) in [6, 6.07) is 7.09. The van der Waals surface area contributed by atoms with E-state index >= 15 is 0 Å². The molecule has 2 aliphatic heterocycles. The van der Waals surface area contributed by atoms with Crippen molar-refractivity contribution in [1.29, 1.82) is 0 Å². The Labute approximate surface area is 180 Å². The third kappa shape index (κ3) is 4.67. The molecule has 2 aliphatic rings. The molecule has 1 aromatic heterocycles. The van der Waals surface area contributed by atoms with E-state index in [1.165, 1.54) is 9.47 Å². The first-order chi connectivity index (χ1) is 14.9. The first-order valence-electron chi connectivity index (χ1n) is 10.7. The van der Waals surface area contributed by atoms with E-state index in [2.05, 4.69) is 0 Å². The number of para-hydroxylation sites is 2. The van der Waals surface area contributed by atoms with Crippen molar-refractivity contribution in [3.05, 3.63) is 34.8 Å². The van der Waals surface area contributed by atoms with E-state index in [1.54, 1.807) is 37.2 Å². The smallest absolute Gasteiger partial charge is 0.408 e. The fraction of sp³-hybridized carbons (Fsp3) is 0.591. The van der Waals surface area contributed by atoms with Crippen LogP contribution in [0.3, 0.4) is 0 Å². The Morgan fingerprint density at radius 3 is 2.71 bits per heavy atom. The molecule has 9 heteroatoms. The van der Waals surface area contributed by atoms with Crippen LogP contribution in [0.4, 0.5) is 0 Å². The van der Waals surface area contributed by atoms with E-state index in [0.29, 0.717) is 43.6 Å². The van der Waals surface area contributed by atoms with Gasteiger partial charge in [0.25, 0.3) is 0 Å². The lowest BCUT2D eigenvalue weighted by atomic mass is 9.83. The van der Waals surface area contributed by atoms with Crippen LogP contribution in [-0.2, 0) is 25.6 Å². The number of oxazole rings is 1. The summed E-state index contributed by atoms with van der Waals surface area (Å²) in [4.78, 5) is 40.1. The Hall–Kier alpha value is -2.65. The highest BCUT2D eigenvalue weighted by Crippen LogP contribution is 2.36. The molecule has 9 nitrogen and oxygen atoms in total. The number of likely N-dealkylation sites (N-methyl/N-ethyl adjacent to an activating group) is 1. The second-order valence-corrected chi connectivity index (χ2v) is 8.55. The number of piperidine rings is 1. The molecule has 0 bridgehead atoms. The van der Waals surface area contributed by atoms with Crippen LogP contribution in [0.15, 0.2) is 33.5 Å². The van der Waals surface area contributed by atoms with E-state index in [4.69, 9.17) is 13.9 Å². The Morgan fingerprint density at radius 2 is 1.97 bits per heavy atom. The zero-order valence-electron chi connectivity index (χ0n) is 18.0. The quantitative estimate of drug-likeness (QED) is 0.707. The molecule has 2 saturated heterocycles. The van der Waals surface area contributed by atoms with Gasteiger partial charge in [0.05, 0.1) is 17.2 Å². The Kier molecular flexibility index (Phi) is 6.15. The minimum absolute atomic E-state index is 0.0178. The summed E-state index contributed by atoms with van der Waals surface area (Å²) in [5.74, 6) is -0.683. The first-order valence-corrected chi connectivity index (χ1v) is 10.7. The van der Waals surface area contributed by atoms with Gasteiger partial charge in [0.1, 0.15) is 13.2 Å².